The molecule has 1 aromatic carbocycles. The van der Waals surface area contributed by atoms with Gasteiger partial charge in [-0.2, -0.15) is 0 Å². The van der Waals surface area contributed by atoms with Gasteiger partial charge >= 0.3 is 0 Å². The standard InChI is InChI=1S/C18H27NO2/c1-2-10-19-17-7-3-6-16-15(17)5-4-8-18(16)21-13-14-9-11-20-12-14/h4-5,8,14,17,19H,2-3,6-7,9-13H2,1H3. The summed E-state index contributed by atoms with van der Waals surface area (Å²) in [4.78, 5) is 0. The van der Waals surface area contributed by atoms with Gasteiger partial charge in [0, 0.05) is 18.6 Å². The molecule has 3 heteroatoms. The van der Waals surface area contributed by atoms with E-state index in [4.69, 9.17) is 9.47 Å². The minimum absolute atomic E-state index is 0.507. The number of rotatable bonds is 6. The monoisotopic (exact) mass is 289 g/mol. The highest BCUT2D eigenvalue weighted by Gasteiger charge is 2.23. The second kappa shape index (κ2) is 7.28. The van der Waals surface area contributed by atoms with Crippen LogP contribution in [0.15, 0.2) is 18.2 Å². The molecule has 1 saturated heterocycles. The Hall–Kier alpha value is -1.06. The maximum absolute atomic E-state index is 6.13. The van der Waals surface area contributed by atoms with E-state index in [1.807, 2.05) is 0 Å². The smallest absolute Gasteiger partial charge is 0.122 e. The number of benzene rings is 1. The van der Waals surface area contributed by atoms with Crippen molar-refractivity contribution in [3.63, 3.8) is 0 Å². The van der Waals surface area contributed by atoms with Crippen molar-refractivity contribution in [3.05, 3.63) is 29.3 Å². The van der Waals surface area contributed by atoms with Crippen LogP contribution in [0, 0.1) is 5.92 Å². The van der Waals surface area contributed by atoms with Crippen LogP contribution in [0.3, 0.4) is 0 Å². The second-order valence-corrected chi connectivity index (χ2v) is 6.26. The van der Waals surface area contributed by atoms with Crippen LogP contribution in [0.25, 0.3) is 0 Å². The SMILES string of the molecule is CCCNC1CCCc2c(OCC3CCOC3)cccc21. The molecule has 1 aliphatic carbocycles. The van der Waals surface area contributed by atoms with Gasteiger partial charge in [-0.3, -0.25) is 0 Å². The molecule has 116 valence electrons. The number of hydrogen-bond acceptors (Lipinski definition) is 3. The molecule has 2 unspecified atom stereocenters. The van der Waals surface area contributed by atoms with Gasteiger partial charge in [-0.25, -0.2) is 0 Å². The Labute approximate surface area is 128 Å². The predicted octanol–water partition coefficient (Wildman–Crippen LogP) is 3.48. The van der Waals surface area contributed by atoms with E-state index in [2.05, 4.69) is 30.4 Å². The Kier molecular flexibility index (Phi) is 5.15. The highest BCUT2D eigenvalue weighted by Crippen LogP contribution is 2.35. The van der Waals surface area contributed by atoms with Gasteiger partial charge in [0.2, 0.25) is 0 Å². The average Bonchev–Trinajstić information content (AvgIpc) is 3.04. The molecular weight excluding hydrogens is 262 g/mol. The Morgan fingerprint density at radius 2 is 2.29 bits per heavy atom. The number of nitrogens with one attached hydrogen (secondary N) is 1. The van der Waals surface area contributed by atoms with Crippen molar-refractivity contribution in [1.82, 2.24) is 5.32 Å². The topological polar surface area (TPSA) is 30.5 Å². The van der Waals surface area contributed by atoms with Crippen LogP contribution >= 0.6 is 0 Å². The molecule has 1 N–H and O–H groups in total. The van der Waals surface area contributed by atoms with Crippen LogP contribution < -0.4 is 10.1 Å². The summed E-state index contributed by atoms with van der Waals surface area (Å²) in [6, 6.07) is 7.06. The van der Waals surface area contributed by atoms with Gasteiger partial charge in [0.15, 0.2) is 0 Å². The third-order valence-corrected chi connectivity index (χ3v) is 4.60. The van der Waals surface area contributed by atoms with E-state index in [0.29, 0.717) is 12.0 Å². The van der Waals surface area contributed by atoms with E-state index >= 15 is 0 Å². The van der Waals surface area contributed by atoms with E-state index in [1.54, 1.807) is 0 Å². The van der Waals surface area contributed by atoms with E-state index in [1.165, 1.54) is 30.4 Å². The minimum Gasteiger partial charge on any atom is -0.493 e. The Balaban J connectivity index is 1.69. The van der Waals surface area contributed by atoms with Gasteiger partial charge in [-0.05, 0) is 55.8 Å². The maximum atomic E-state index is 6.13. The van der Waals surface area contributed by atoms with Crippen molar-refractivity contribution < 1.29 is 9.47 Å². The largest absolute Gasteiger partial charge is 0.493 e. The van der Waals surface area contributed by atoms with Crippen molar-refractivity contribution in [2.75, 3.05) is 26.4 Å². The molecule has 0 saturated carbocycles. The van der Waals surface area contributed by atoms with Gasteiger partial charge in [0.25, 0.3) is 0 Å². The fraction of sp³-hybridized carbons (Fsp3) is 0.667. The molecule has 21 heavy (non-hydrogen) atoms. The highest BCUT2D eigenvalue weighted by molar-refractivity contribution is 5.43. The minimum atomic E-state index is 0.507. The molecule has 0 amide bonds. The van der Waals surface area contributed by atoms with Crippen molar-refractivity contribution in [3.8, 4) is 5.75 Å². The zero-order valence-electron chi connectivity index (χ0n) is 13.1. The maximum Gasteiger partial charge on any atom is 0.122 e. The highest BCUT2D eigenvalue weighted by atomic mass is 16.5. The summed E-state index contributed by atoms with van der Waals surface area (Å²) in [5, 5.41) is 3.68. The number of ether oxygens (including phenoxy) is 2. The van der Waals surface area contributed by atoms with Crippen LogP contribution in [-0.4, -0.2) is 26.4 Å². The van der Waals surface area contributed by atoms with Crippen LogP contribution in [0.1, 0.15) is 49.8 Å². The van der Waals surface area contributed by atoms with Crippen LogP contribution in [0.2, 0.25) is 0 Å². The average molecular weight is 289 g/mol. The molecule has 1 aromatic rings. The van der Waals surface area contributed by atoms with E-state index < -0.39 is 0 Å². The lowest BCUT2D eigenvalue weighted by Crippen LogP contribution is -2.26. The quantitative estimate of drug-likeness (QED) is 0.869. The van der Waals surface area contributed by atoms with Gasteiger partial charge in [-0.1, -0.05) is 19.1 Å². The van der Waals surface area contributed by atoms with Gasteiger partial charge < -0.3 is 14.8 Å². The zero-order chi connectivity index (χ0) is 14.5. The van der Waals surface area contributed by atoms with E-state index in [0.717, 1.165) is 45.0 Å². The molecule has 0 bridgehead atoms. The van der Waals surface area contributed by atoms with Gasteiger partial charge in [0.05, 0.1) is 13.2 Å². The number of fused-ring (bicyclic) bond motifs is 1. The molecule has 3 rings (SSSR count). The first-order chi connectivity index (χ1) is 10.4. The lowest BCUT2D eigenvalue weighted by atomic mass is 9.87. The lowest BCUT2D eigenvalue weighted by molar-refractivity contribution is 0.166. The molecular formula is C18H27NO2. The van der Waals surface area contributed by atoms with Crippen LogP contribution in [0.4, 0.5) is 0 Å². The summed E-state index contributed by atoms with van der Waals surface area (Å²) in [5.41, 5.74) is 2.88. The summed E-state index contributed by atoms with van der Waals surface area (Å²) in [5.74, 6) is 1.67. The van der Waals surface area contributed by atoms with Crippen LogP contribution in [-0.2, 0) is 11.2 Å². The van der Waals surface area contributed by atoms with E-state index in [-0.39, 0.29) is 0 Å². The van der Waals surface area contributed by atoms with Crippen molar-refractivity contribution in [1.29, 1.82) is 0 Å². The summed E-state index contributed by atoms with van der Waals surface area (Å²) >= 11 is 0. The van der Waals surface area contributed by atoms with Gasteiger partial charge in [-0.15, -0.1) is 0 Å². The molecule has 1 fully saturated rings. The van der Waals surface area contributed by atoms with Crippen LogP contribution in [0.5, 0.6) is 5.75 Å². The first-order valence-electron chi connectivity index (χ1n) is 8.44. The summed E-state index contributed by atoms with van der Waals surface area (Å²) in [6.45, 7) is 5.86. The van der Waals surface area contributed by atoms with Crippen molar-refractivity contribution in [2.24, 2.45) is 5.92 Å². The predicted molar refractivity (Wildman–Crippen MR) is 84.8 cm³/mol. The summed E-state index contributed by atoms with van der Waals surface area (Å²) in [6.07, 6.45) is 5.96. The summed E-state index contributed by atoms with van der Waals surface area (Å²) < 4.78 is 11.6. The van der Waals surface area contributed by atoms with Gasteiger partial charge in [0.1, 0.15) is 5.75 Å². The third kappa shape index (κ3) is 3.58. The fourth-order valence-electron chi connectivity index (χ4n) is 3.40. The molecule has 0 spiro atoms. The summed E-state index contributed by atoms with van der Waals surface area (Å²) in [7, 11) is 0. The normalized spacial score (nSPS) is 24.8. The Morgan fingerprint density at radius 1 is 1.33 bits per heavy atom. The fourth-order valence-corrected chi connectivity index (χ4v) is 3.40. The Bertz CT molecular complexity index is 455. The zero-order valence-corrected chi connectivity index (χ0v) is 13.1. The number of hydrogen-bond donors (Lipinski definition) is 1. The molecule has 0 aromatic heterocycles. The molecule has 1 aliphatic heterocycles. The van der Waals surface area contributed by atoms with Crippen molar-refractivity contribution in [2.45, 2.75) is 45.1 Å². The molecule has 3 nitrogen and oxygen atoms in total. The first-order valence-corrected chi connectivity index (χ1v) is 8.44. The molecule has 2 atom stereocenters. The van der Waals surface area contributed by atoms with E-state index in [9.17, 15) is 0 Å². The third-order valence-electron chi connectivity index (χ3n) is 4.60. The molecule has 1 heterocycles. The Morgan fingerprint density at radius 3 is 3.10 bits per heavy atom. The molecule has 0 radical (unpaired) electrons. The van der Waals surface area contributed by atoms with Crippen molar-refractivity contribution >= 4 is 0 Å². The first kappa shape index (κ1) is 14.9. The lowest BCUT2D eigenvalue weighted by Gasteiger charge is -2.28. The second-order valence-electron chi connectivity index (χ2n) is 6.26. The molecule has 2 aliphatic rings.